The van der Waals surface area contributed by atoms with Crippen LogP contribution in [0.5, 0.6) is 5.75 Å². The number of hydrogen-bond donors (Lipinski definition) is 2. The Hall–Kier alpha value is -1.09. The normalized spacial score (nSPS) is 10.9. The summed E-state index contributed by atoms with van der Waals surface area (Å²) in [6, 6.07) is 6.10. The van der Waals surface area contributed by atoms with E-state index in [0.29, 0.717) is 45.3 Å². The molecule has 0 heterocycles. The lowest BCUT2D eigenvalue weighted by molar-refractivity contribution is 0.110. The molecule has 0 saturated heterocycles. The summed E-state index contributed by atoms with van der Waals surface area (Å²) in [5, 5.41) is 6.28. The fourth-order valence-corrected chi connectivity index (χ4v) is 1.97. The van der Waals surface area contributed by atoms with E-state index in [1.54, 1.807) is 7.05 Å². The predicted octanol–water partition coefficient (Wildman–Crippen LogP) is 3.05. The van der Waals surface area contributed by atoms with E-state index >= 15 is 0 Å². The van der Waals surface area contributed by atoms with Gasteiger partial charge < -0.3 is 20.1 Å². The second kappa shape index (κ2) is 14.3. The van der Waals surface area contributed by atoms with Crippen LogP contribution in [0.15, 0.2) is 23.2 Å². The number of guanidine groups is 1. The van der Waals surface area contributed by atoms with Crippen LogP contribution in [0.4, 0.5) is 4.39 Å². The lowest BCUT2D eigenvalue weighted by Gasteiger charge is -2.15. The van der Waals surface area contributed by atoms with Crippen molar-refractivity contribution in [1.29, 1.82) is 0 Å². The molecular formula is C17H29FIN3O2. The van der Waals surface area contributed by atoms with E-state index in [1.807, 2.05) is 32.0 Å². The van der Waals surface area contributed by atoms with Gasteiger partial charge in [0.25, 0.3) is 0 Å². The summed E-state index contributed by atoms with van der Waals surface area (Å²) in [5.74, 6) is 1.50. The number of ether oxygens (including phenoxy) is 2. The third-order valence-corrected chi connectivity index (χ3v) is 3.18. The van der Waals surface area contributed by atoms with Gasteiger partial charge in [-0.1, -0.05) is 12.1 Å². The van der Waals surface area contributed by atoms with Crippen molar-refractivity contribution < 1.29 is 13.9 Å². The lowest BCUT2D eigenvalue weighted by atomic mass is 10.1. The smallest absolute Gasteiger partial charge is 0.191 e. The molecule has 0 unspecified atom stereocenters. The first-order valence-electron chi connectivity index (χ1n) is 8.01. The summed E-state index contributed by atoms with van der Waals surface area (Å²) in [7, 11) is 1.69. The molecule has 138 valence electrons. The van der Waals surface area contributed by atoms with Gasteiger partial charge in [-0.3, -0.25) is 9.38 Å². The van der Waals surface area contributed by atoms with Crippen LogP contribution in [-0.2, 0) is 11.3 Å². The minimum Gasteiger partial charge on any atom is -0.491 e. The van der Waals surface area contributed by atoms with E-state index in [-0.39, 0.29) is 30.7 Å². The average molecular weight is 453 g/mol. The third-order valence-electron chi connectivity index (χ3n) is 3.18. The molecule has 0 saturated carbocycles. The SMILES string of the molecule is CCOCCOc1cc(C)ccc1CNC(=NC)NCCCF.I. The van der Waals surface area contributed by atoms with Crippen LogP contribution in [0, 0.1) is 6.92 Å². The fourth-order valence-electron chi connectivity index (χ4n) is 1.97. The Morgan fingerprint density at radius 1 is 1.25 bits per heavy atom. The van der Waals surface area contributed by atoms with Crippen molar-refractivity contribution in [3.63, 3.8) is 0 Å². The summed E-state index contributed by atoms with van der Waals surface area (Å²) in [6.45, 7) is 6.58. The number of rotatable bonds is 10. The summed E-state index contributed by atoms with van der Waals surface area (Å²) in [4.78, 5) is 4.12. The van der Waals surface area contributed by atoms with Crippen LogP contribution in [0.1, 0.15) is 24.5 Å². The topological polar surface area (TPSA) is 54.9 Å². The molecule has 1 aromatic rings. The minimum absolute atomic E-state index is 0. The van der Waals surface area contributed by atoms with Crippen LogP contribution in [0.3, 0.4) is 0 Å². The first kappa shape index (κ1) is 22.9. The Kier molecular flexibility index (Phi) is 13.6. The molecule has 24 heavy (non-hydrogen) atoms. The van der Waals surface area contributed by atoms with Gasteiger partial charge in [0.1, 0.15) is 12.4 Å². The Morgan fingerprint density at radius 2 is 2.04 bits per heavy atom. The number of aliphatic imine (C=N–C) groups is 1. The Bertz CT molecular complexity index is 487. The standard InChI is InChI=1S/C17H28FN3O2.HI/c1-4-22-10-11-23-16-12-14(2)6-7-15(16)13-21-17(19-3)20-9-5-8-18;/h6-7,12H,4-5,8-11,13H2,1-3H3,(H2,19,20,21);1H. The van der Waals surface area contributed by atoms with Crippen molar-refractivity contribution in [1.82, 2.24) is 10.6 Å². The fraction of sp³-hybridized carbons (Fsp3) is 0.588. The van der Waals surface area contributed by atoms with E-state index in [2.05, 4.69) is 15.6 Å². The number of hydrogen-bond acceptors (Lipinski definition) is 3. The second-order valence-corrected chi connectivity index (χ2v) is 5.05. The van der Waals surface area contributed by atoms with E-state index in [1.165, 1.54) is 0 Å². The van der Waals surface area contributed by atoms with E-state index in [0.717, 1.165) is 16.9 Å². The van der Waals surface area contributed by atoms with Crippen LogP contribution in [0.25, 0.3) is 0 Å². The zero-order valence-electron chi connectivity index (χ0n) is 14.7. The van der Waals surface area contributed by atoms with Gasteiger partial charge >= 0.3 is 0 Å². The first-order chi connectivity index (χ1) is 11.2. The summed E-state index contributed by atoms with van der Waals surface area (Å²) in [5.41, 5.74) is 2.19. The Balaban J connectivity index is 0.00000529. The van der Waals surface area contributed by atoms with Crippen molar-refractivity contribution in [2.24, 2.45) is 4.99 Å². The van der Waals surface area contributed by atoms with Gasteiger partial charge in [0, 0.05) is 32.3 Å². The van der Waals surface area contributed by atoms with Gasteiger partial charge in [0.05, 0.1) is 13.3 Å². The van der Waals surface area contributed by atoms with Crippen molar-refractivity contribution in [3.8, 4) is 5.75 Å². The molecule has 0 spiro atoms. The predicted molar refractivity (Wildman–Crippen MR) is 107 cm³/mol. The highest BCUT2D eigenvalue weighted by Crippen LogP contribution is 2.20. The molecule has 7 heteroatoms. The van der Waals surface area contributed by atoms with Crippen molar-refractivity contribution in [2.45, 2.75) is 26.8 Å². The molecule has 0 aliphatic carbocycles. The zero-order chi connectivity index (χ0) is 16.9. The van der Waals surface area contributed by atoms with Gasteiger partial charge in [-0.15, -0.1) is 24.0 Å². The van der Waals surface area contributed by atoms with E-state index in [9.17, 15) is 4.39 Å². The van der Waals surface area contributed by atoms with Gasteiger partial charge in [0.15, 0.2) is 5.96 Å². The quantitative estimate of drug-likeness (QED) is 0.248. The Labute approximate surface area is 161 Å². The van der Waals surface area contributed by atoms with Crippen molar-refractivity contribution in [2.75, 3.05) is 40.1 Å². The van der Waals surface area contributed by atoms with Gasteiger partial charge in [-0.25, -0.2) is 0 Å². The van der Waals surface area contributed by atoms with Crippen LogP contribution in [0.2, 0.25) is 0 Å². The molecular weight excluding hydrogens is 424 g/mol. The Morgan fingerprint density at radius 3 is 2.71 bits per heavy atom. The maximum atomic E-state index is 12.1. The lowest BCUT2D eigenvalue weighted by Crippen LogP contribution is -2.37. The monoisotopic (exact) mass is 453 g/mol. The van der Waals surface area contributed by atoms with Crippen molar-refractivity contribution in [3.05, 3.63) is 29.3 Å². The highest BCUT2D eigenvalue weighted by Gasteiger charge is 2.06. The van der Waals surface area contributed by atoms with Crippen LogP contribution in [-0.4, -0.2) is 46.0 Å². The highest BCUT2D eigenvalue weighted by atomic mass is 127. The minimum atomic E-state index is -0.334. The number of alkyl halides is 1. The van der Waals surface area contributed by atoms with E-state index in [4.69, 9.17) is 9.47 Å². The van der Waals surface area contributed by atoms with E-state index < -0.39 is 0 Å². The molecule has 0 atom stereocenters. The van der Waals surface area contributed by atoms with Gasteiger partial charge in [0.2, 0.25) is 0 Å². The molecule has 0 radical (unpaired) electrons. The summed E-state index contributed by atoms with van der Waals surface area (Å²) < 4.78 is 23.2. The third kappa shape index (κ3) is 9.27. The second-order valence-electron chi connectivity index (χ2n) is 5.05. The maximum Gasteiger partial charge on any atom is 0.191 e. The molecule has 0 bridgehead atoms. The molecule has 2 N–H and O–H groups in total. The first-order valence-corrected chi connectivity index (χ1v) is 8.01. The molecule has 5 nitrogen and oxygen atoms in total. The number of halogens is 2. The van der Waals surface area contributed by atoms with Gasteiger partial charge in [-0.2, -0.15) is 0 Å². The summed E-state index contributed by atoms with van der Waals surface area (Å²) in [6.07, 6.45) is 0.469. The molecule has 1 aromatic carbocycles. The molecule has 0 aliphatic rings. The number of nitrogens with one attached hydrogen (secondary N) is 2. The number of nitrogens with zero attached hydrogens (tertiary/aromatic N) is 1. The summed E-state index contributed by atoms with van der Waals surface area (Å²) >= 11 is 0. The van der Waals surface area contributed by atoms with Crippen LogP contribution >= 0.6 is 24.0 Å². The maximum absolute atomic E-state index is 12.1. The molecule has 0 aromatic heterocycles. The molecule has 0 amide bonds. The highest BCUT2D eigenvalue weighted by molar-refractivity contribution is 14.0. The van der Waals surface area contributed by atoms with Crippen molar-refractivity contribution >= 4 is 29.9 Å². The molecule has 0 aliphatic heterocycles. The number of benzene rings is 1. The number of aryl methyl sites for hydroxylation is 1. The largest absolute Gasteiger partial charge is 0.491 e. The van der Waals surface area contributed by atoms with Gasteiger partial charge in [-0.05, 0) is 31.9 Å². The van der Waals surface area contributed by atoms with Crippen LogP contribution < -0.4 is 15.4 Å². The average Bonchev–Trinajstić information content (AvgIpc) is 2.56. The molecule has 0 fully saturated rings. The molecule has 1 rings (SSSR count). The zero-order valence-corrected chi connectivity index (χ0v) is 17.1.